The standard InChI is InChI=1S/C17H29BrO4/c1-12(9-11-21-13(2)19)6-7-15(20)17(5)10-8-14(18)16(3,4)22-17/h9,14-15,20H,6-8,10-11H2,1-5H3/b12-9+/t14-,15+,17-/m0/s1. The van der Waals surface area contributed by atoms with Crippen molar-refractivity contribution in [3.8, 4) is 0 Å². The number of rotatable bonds is 6. The lowest BCUT2D eigenvalue weighted by Crippen LogP contribution is -2.55. The molecule has 1 heterocycles. The van der Waals surface area contributed by atoms with Crippen molar-refractivity contribution < 1.29 is 19.4 Å². The van der Waals surface area contributed by atoms with Crippen molar-refractivity contribution in [2.75, 3.05) is 6.61 Å². The largest absolute Gasteiger partial charge is 0.462 e. The number of allylic oxidation sites excluding steroid dienone is 1. The summed E-state index contributed by atoms with van der Waals surface area (Å²) in [7, 11) is 0. The minimum atomic E-state index is -0.510. The number of esters is 1. The van der Waals surface area contributed by atoms with E-state index in [4.69, 9.17) is 9.47 Å². The molecule has 0 radical (unpaired) electrons. The second-order valence-corrected chi connectivity index (χ2v) is 8.04. The van der Waals surface area contributed by atoms with E-state index >= 15 is 0 Å². The molecule has 1 saturated heterocycles. The Hall–Kier alpha value is -0.390. The van der Waals surface area contributed by atoms with Gasteiger partial charge in [0.2, 0.25) is 0 Å². The van der Waals surface area contributed by atoms with Gasteiger partial charge in [0, 0.05) is 11.8 Å². The maximum atomic E-state index is 10.7. The molecule has 128 valence electrons. The number of aliphatic hydroxyl groups excluding tert-OH is 1. The van der Waals surface area contributed by atoms with Gasteiger partial charge in [0.25, 0.3) is 0 Å². The summed E-state index contributed by atoms with van der Waals surface area (Å²) in [6.07, 6.45) is 4.60. The van der Waals surface area contributed by atoms with Crippen LogP contribution < -0.4 is 0 Å². The van der Waals surface area contributed by atoms with E-state index in [-0.39, 0.29) is 11.6 Å². The van der Waals surface area contributed by atoms with Crippen LogP contribution in [0.5, 0.6) is 0 Å². The number of carbonyl (C=O) groups excluding carboxylic acids is 1. The lowest BCUT2D eigenvalue weighted by Gasteiger charge is -2.48. The third kappa shape index (κ3) is 5.67. The van der Waals surface area contributed by atoms with Gasteiger partial charge in [-0.25, -0.2) is 0 Å². The van der Waals surface area contributed by atoms with E-state index in [1.165, 1.54) is 6.92 Å². The highest BCUT2D eigenvalue weighted by atomic mass is 79.9. The first-order chi connectivity index (χ1) is 10.1. The molecule has 0 spiro atoms. The molecule has 5 heteroatoms. The Kier molecular flexibility index (Phi) is 7.09. The van der Waals surface area contributed by atoms with Gasteiger partial charge in [-0.2, -0.15) is 0 Å². The van der Waals surface area contributed by atoms with E-state index in [1.807, 2.05) is 19.9 Å². The number of hydrogen-bond acceptors (Lipinski definition) is 4. The second-order valence-electron chi connectivity index (χ2n) is 6.93. The van der Waals surface area contributed by atoms with Gasteiger partial charge in [-0.15, -0.1) is 0 Å². The van der Waals surface area contributed by atoms with Gasteiger partial charge in [-0.1, -0.05) is 21.5 Å². The van der Waals surface area contributed by atoms with Gasteiger partial charge < -0.3 is 14.6 Å². The van der Waals surface area contributed by atoms with Crippen LogP contribution in [0.2, 0.25) is 0 Å². The first-order valence-electron chi connectivity index (χ1n) is 7.88. The number of hydrogen-bond donors (Lipinski definition) is 1. The van der Waals surface area contributed by atoms with Crippen molar-refractivity contribution in [3.63, 3.8) is 0 Å². The van der Waals surface area contributed by atoms with Crippen LogP contribution in [0, 0.1) is 0 Å². The maximum absolute atomic E-state index is 10.7. The highest BCUT2D eigenvalue weighted by molar-refractivity contribution is 9.09. The Morgan fingerprint density at radius 3 is 2.64 bits per heavy atom. The van der Waals surface area contributed by atoms with E-state index in [2.05, 4.69) is 29.8 Å². The average Bonchev–Trinajstić information content (AvgIpc) is 2.39. The van der Waals surface area contributed by atoms with E-state index in [0.717, 1.165) is 24.8 Å². The van der Waals surface area contributed by atoms with Crippen LogP contribution in [0.15, 0.2) is 11.6 Å². The van der Waals surface area contributed by atoms with Gasteiger partial charge in [-0.3, -0.25) is 4.79 Å². The molecule has 0 aliphatic carbocycles. The molecule has 1 fully saturated rings. The summed E-state index contributed by atoms with van der Waals surface area (Å²) in [5.74, 6) is -0.279. The van der Waals surface area contributed by atoms with Crippen molar-refractivity contribution in [3.05, 3.63) is 11.6 Å². The Morgan fingerprint density at radius 2 is 2.09 bits per heavy atom. The van der Waals surface area contributed by atoms with Crippen molar-refractivity contribution >= 4 is 21.9 Å². The molecule has 0 unspecified atom stereocenters. The molecule has 1 rings (SSSR count). The fourth-order valence-corrected chi connectivity index (χ4v) is 3.11. The number of carbonyl (C=O) groups is 1. The minimum absolute atomic E-state index is 0.279. The Labute approximate surface area is 142 Å². The number of aliphatic hydroxyl groups is 1. The number of halogens is 1. The zero-order valence-electron chi connectivity index (χ0n) is 14.3. The fourth-order valence-electron chi connectivity index (χ4n) is 2.78. The zero-order valence-corrected chi connectivity index (χ0v) is 15.9. The molecule has 22 heavy (non-hydrogen) atoms. The van der Waals surface area contributed by atoms with Gasteiger partial charge in [0.1, 0.15) is 6.61 Å². The molecule has 0 aromatic rings. The van der Waals surface area contributed by atoms with E-state index in [0.29, 0.717) is 17.9 Å². The van der Waals surface area contributed by atoms with E-state index in [1.54, 1.807) is 0 Å². The predicted octanol–water partition coefficient (Wildman–Crippen LogP) is 3.75. The van der Waals surface area contributed by atoms with Crippen LogP contribution in [-0.2, 0) is 14.3 Å². The van der Waals surface area contributed by atoms with Crippen LogP contribution in [0.3, 0.4) is 0 Å². The lowest BCUT2D eigenvalue weighted by molar-refractivity contribution is -0.205. The number of alkyl halides is 1. The van der Waals surface area contributed by atoms with Crippen LogP contribution in [-0.4, -0.2) is 39.8 Å². The molecular formula is C17H29BrO4. The zero-order chi connectivity index (χ0) is 17.0. The highest BCUT2D eigenvalue weighted by Crippen LogP contribution is 2.41. The molecule has 3 atom stereocenters. The fraction of sp³-hybridized carbons (Fsp3) is 0.824. The summed E-state index contributed by atoms with van der Waals surface area (Å²) in [5, 5.41) is 10.6. The molecule has 0 bridgehead atoms. The van der Waals surface area contributed by atoms with E-state index in [9.17, 15) is 9.90 Å². The lowest BCUT2D eigenvalue weighted by atomic mass is 9.82. The Bertz CT molecular complexity index is 419. The molecule has 4 nitrogen and oxygen atoms in total. The van der Waals surface area contributed by atoms with Gasteiger partial charge >= 0.3 is 5.97 Å². The van der Waals surface area contributed by atoms with E-state index < -0.39 is 11.7 Å². The third-order valence-corrected chi connectivity index (χ3v) is 5.94. The van der Waals surface area contributed by atoms with Crippen molar-refractivity contribution in [1.82, 2.24) is 0 Å². The van der Waals surface area contributed by atoms with Gasteiger partial charge in [0.05, 0.1) is 17.3 Å². The summed E-state index contributed by atoms with van der Waals surface area (Å²) >= 11 is 3.66. The summed E-state index contributed by atoms with van der Waals surface area (Å²) < 4.78 is 11.1. The molecule has 0 aromatic heterocycles. The molecule has 1 aliphatic rings. The molecule has 0 amide bonds. The molecule has 0 aromatic carbocycles. The van der Waals surface area contributed by atoms with Crippen LogP contribution >= 0.6 is 15.9 Å². The third-order valence-electron chi connectivity index (χ3n) is 4.38. The molecular weight excluding hydrogens is 348 g/mol. The van der Waals surface area contributed by atoms with Crippen LogP contribution in [0.25, 0.3) is 0 Å². The highest BCUT2D eigenvalue weighted by Gasteiger charge is 2.46. The first-order valence-corrected chi connectivity index (χ1v) is 8.80. The summed E-state index contributed by atoms with van der Waals surface area (Å²) in [5.41, 5.74) is 0.315. The van der Waals surface area contributed by atoms with Crippen molar-refractivity contribution in [1.29, 1.82) is 0 Å². The molecule has 1 aliphatic heterocycles. The van der Waals surface area contributed by atoms with Gasteiger partial charge in [-0.05, 0) is 59.5 Å². The number of ether oxygens (including phenoxy) is 2. The van der Waals surface area contributed by atoms with Gasteiger partial charge in [0.15, 0.2) is 0 Å². The summed E-state index contributed by atoms with van der Waals surface area (Å²) in [6.45, 7) is 9.78. The van der Waals surface area contributed by atoms with Crippen LogP contribution in [0.1, 0.15) is 60.3 Å². The average molecular weight is 377 g/mol. The minimum Gasteiger partial charge on any atom is -0.462 e. The quantitative estimate of drug-likeness (QED) is 0.435. The second kappa shape index (κ2) is 7.93. The van der Waals surface area contributed by atoms with Crippen molar-refractivity contribution in [2.24, 2.45) is 0 Å². The maximum Gasteiger partial charge on any atom is 0.302 e. The normalized spacial score (nSPS) is 30.0. The summed E-state index contributed by atoms with van der Waals surface area (Å²) in [4.78, 5) is 11.0. The monoisotopic (exact) mass is 376 g/mol. The summed E-state index contributed by atoms with van der Waals surface area (Å²) in [6, 6.07) is 0. The molecule has 0 saturated carbocycles. The first kappa shape index (κ1) is 19.7. The van der Waals surface area contributed by atoms with Crippen molar-refractivity contribution in [2.45, 2.75) is 82.4 Å². The Morgan fingerprint density at radius 1 is 1.45 bits per heavy atom. The predicted molar refractivity (Wildman–Crippen MR) is 91.1 cm³/mol. The molecule has 1 N–H and O–H groups in total. The smallest absolute Gasteiger partial charge is 0.302 e. The topological polar surface area (TPSA) is 55.8 Å². The SMILES string of the molecule is CC(=O)OC/C=C(\C)CC[C@@H](O)[C@]1(C)CC[C@H](Br)C(C)(C)O1. The Balaban J connectivity index is 2.50. The van der Waals surface area contributed by atoms with Crippen LogP contribution in [0.4, 0.5) is 0 Å².